The van der Waals surface area contributed by atoms with Gasteiger partial charge in [0.25, 0.3) is 5.56 Å². The quantitative estimate of drug-likeness (QED) is 0.802. The zero-order chi connectivity index (χ0) is 15.7. The zero-order valence-electron chi connectivity index (χ0n) is 11.2. The average Bonchev–Trinajstić information content (AvgIpc) is 2.86. The Morgan fingerprint density at radius 1 is 1.18 bits per heavy atom. The molecule has 0 fully saturated rings. The molecule has 3 rings (SSSR count). The van der Waals surface area contributed by atoms with E-state index in [9.17, 15) is 10.1 Å². The molecule has 0 N–H and O–H groups in total. The van der Waals surface area contributed by atoms with Crippen LogP contribution in [0.3, 0.4) is 0 Å². The van der Waals surface area contributed by atoms with Crippen LogP contribution in [0, 0.1) is 22.7 Å². The summed E-state index contributed by atoms with van der Waals surface area (Å²) in [5.41, 5.74) is 1.19. The van der Waals surface area contributed by atoms with E-state index in [1.807, 2.05) is 36.4 Å². The maximum absolute atomic E-state index is 12.5. The molecule has 0 atom stereocenters. The minimum absolute atomic E-state index is 0.0884. The van der Waals surface area contributed by atoms with Gasteiger partial charge >= 0.3 is 0 Å². The van der Waals surface area contributed by atoms with Crippen molar-refractivity contribution in [2.75, 3.05) is 0 Å². The van der Waals surface area contributed by atoms with Crippen molar-refractivity contribution in [3.05, 3.63) is 61.0 Å². The highest BCUT2D eigenvalue weighted by Gasteiger charge is 2.21. The molecule has 0 amide bonds. The average molecular weight is 326 g/mol. The van der Waals surface area contributed by atoms with Crippen LogP contribution >= 0.6 is 22.9 Å². The molecule has 0 saturated heterocycles. The maximum Gasteiger partial charge on any atom is 0.274 e. The van der Waals surface area contributed by atoms with Crippen LogP contribution < -0.4 is 14.8 Å². The summed E-state index contributed by atoms with van der Waals surface area (Å²) in [5.74, 6) is 0. The van der Waals surface area contributed by atoms with E-state index in [1.165, 1.54) is 15.9 Å². The summed E-state index contributed by atoms with van der Waals surface area (Å²) in [4.78, 5) is 12.5. The van der Waals surface area contributed by atoms with Crippen molar-refractivity contribution in [1.82, 2.24) is 4.57 Å². The van der Waals surface area contributed by atoms with E-state index in [0.29, 0.717) is 14.8 Å². The Morgan fingerprint density at radius 2 is 1.86 bits per heavy atom. The number of hydrogen-bond acceptors (Lipinski definition) is 4. The van der Waals surface area contributed by atoms with Gasteiger partial charge in [-0.2, -0.15) is 10.5 Å². The Labute approximate surface area is 134 Å². The van der Waals surface area contributed by atoms with E-state index in [-0.39, 0.29) is 22.7 Å². The van der Waals surface area contributed by atoms with Gasteiger partial charge in [-0.15, -0.1) is 11.3 Å². The highest BCUT2D eigenvalue weighted by atomic mass is 35.5. The van der Waals surface area contributed by atoms with Crippen molar-refractivity contribution in [2.45, 2.75) is 6.42 Å². The SMILES string of the molecule is N#CC1=C(Cl)n2c(sc(=Cc3ccccc3)c2=O)=C(C#N)C1. The van der Waals surface area contributed by atoms with Crippen molar-refractivity contribution < 1.29 is 0 Å². The fourth-order valence-corrected chi connectivity index (χ4v) is 3.60. The van der Waals surface area contributed by atoms with E-state index in [2.05, 4.69) is 6.07 Å². The smallest absolute Gasteiger partial charge is 0.267 e. The number of fused-ring (bicyclic) bond motifs is 1. The summed E-state index contributed by atoms with van der Waals surface area (Å²) >= 11 is 7.36. The first-order chi connectivity index (χ1) is 10.7. The summed E-state index contributed by atoms with van der Waals surface area (Å²) in [6, 6.07) is 13.4. The second-order valence-corrected chi connectivity index (χ2v) is 6.00. The van der Waals surface area contributed by atoms with Gasteiger partial charge in [0.1, 0.15) is 9.82 Å². The number of nitriles is 2. The molecule has 1 aromatic carbocycles. The van der Waals surface area contributed by atoms with Crippen molar-refractivity contribution in [3.8, 4) is 12.1 Å². The summed E-state index contributed by atoms with van der Waals surface area (Å²) < 4.78 is 2.23. The van der Waals surface area contributed by atoms with Gasteiger partial charge < -0.3 is 0 Å². The van der Waals surface area contributed by atoms with Crippen LogP contribution in [-0.2, 0) is 0 Å². The summed E-state index contributed by atoms with van der Waals surface area (Å²) in [5, 5.41) is 18.4. The number of halogens is 1. The molecule has 2 heterocycles. The lowest BCUT2D eigenvalue weighted by Gasteiger charge is -2.09. The zero-order valence-corrected chi connectivity index (χ0v) is 12.8. The lowest BCUT2D eigenvalue weighted by molar-refractivity contribution is 1.00. The number of nitrogens with zero attached hydrogens (tertiary/aromatic N) is 3. The first kappa shape index (κ1) is 14.3. The van der Waals surface area contributed by atoms with E-state index >= 15 is 0 Å². The summed E-state index contributed by atoms with van der Waals surface area (Å²) in [6.45, 7) is 0. The molecule has 0 bridgehead atoms. The lowest BCUT2D eigenvalue weighted by Crippen LogP contribution is -2.32. The molecule has 0 aliphatic carbocycles. The highest BCUT2D eigenvalue weighted by Crippen LogP contribution is 2.23. The molecule has 1 aromatic heterocycles. The second-order valence-electron chi connectivity index (χ2n) is 4.62. The van der Waals surface area contributed by atoms with Crippen molar-refractivity contribution in [1.29, 1.82) is 10.5 Å². The van der Waals surface area contributed by atoms with Gasteiger partial charge in [0.2, 0.25) is 0 Å². The topological polar surface area (TPSA) is 69.6 Å². The van der Waals surface area contributed by atoms with Gasteiger partial charge in [-0.05, 0) is 11.6 Å². The molecule has 6 heteroatoms. The highest BCUT2D eigenvalue weighted by molar-refractivity contribution is 7.07. The Bertz CT molecular complexity index is 1050. The maximum atomic E-state index is 12.5. The van der Waals surface area contributed by atoms with Gasteiger partial charge in [0, 0.05) is 6.42 Å². The molecular formula is C16H8ClN3OS. The van der Waals surface area contributed by atoms with Crippen LogP contribution in [-0.4, -0.2) is 4.57 Å². The van der Waals surface area contributed by atoms with Gasteiger partial charge in [0.05, 0.1) is 27.8 Å². The van der Waals surface area contributed by atoms with Gasteiger partial charge in [-0.25, -0.2) is 0 Å². The molecule has 1 aliphatic rings. The molecule has 1 aliphatic heterocycles. The standard InChI is InChI=1S/C16H8ClN3OS/c17-14-11(8-18)7-12(9-19)16-20(14)15(21)13(22-16)6-10-4-2-1-3-5-10/h1-6H,7H2. The Balaban J connectivity index is 2.37. The molecular weight excluding hydrogens is 318 g/mol. The molecule has 106 valence electrons. The number of benzene rings is 1. The molecule has 0 saturated carbocycles. The molecule has 2 aromatic rings. The van der Waals surface area contributed by atoms with Gasteiger partial charge in [0.15, 0.2) is 0 Å². The third-order valence-corrected chi connectivity index (χ3v) is 4.78. The fourth-order valence-electron chi connectivity index (χ4n) is 2.20. The van der Waals surface area contributed by atoms with E-state index < -0.39 is 0 Å². The molecule has 0 spiro atoms. The van der Waals surface area contributed by atoms with Crippen LogP contribution in [0.4, 0.5) is 0 Å². The Hall–Kier alpha value is -2.60. The first-order valence-electron chi connectivity index (χ1n) is 6.36. The minimum Gasteiger partial charge on any atom is -0.267 e. The van der Waals surface area contributed by atoms with Crippen molar-refractivity contribution in [2.24, 2.45) is 0 Å². The van der Waals surface area contributed by atoms with Crippen LogP contribution in [0.15, 0.2) is 40.7 Å². The van der Waals surface area contributed by atoms with E-state index in [0.717, 1.165) is 5.56 Å². The van der Waals surface area contributed by atoms with Crippen LogP contribution in [0.1, 0.15) is 12.0 Å². The summed E-state index contributed by atoms with van der Waals surface area (Å²) in [7, 11) is 0. The van der Waals surface area contributed by atoms with E-state index in [4.69, 9.17) is 16.9 Å². The van der Waals surface area contributed by atoms with Gasteiger partial charge in [-0.1, -0.05) is 41.9 Å². The van der Waals surface area contributed by atoms with Crippen molar-refractivity contribution in [3.63, 3.8) is 0 Å². The Morgan fingerprint density at radius 3 is 2.50 bits per heavy atom. The number of rotatable bonds is 1. The molecule has 0 radical (unpaired) electrons. The number of allylic oxidation sites excluding steroid dienone is 1. The van der Waals surface area contributed by atoms with Crippen molar-refractivity contribution >= 4 is 39.7 Å². The monoisotopic (exact) mass is 325 g/mol. The largest absolute Gasteiger partial charge is 0.274 e. The molecule has 0 unspecified atom stereocenters. The fraction of sp³-hybridized carbons (Fsp3) is 0.0625. The predicted octanol–water partition coefficient (Wildman–Crippen LogP) is 1.75. The Kier molecular flexibility index (Phi) is 3.68. The van der Waals surface area contributed by atoms with Crippen LogP contribution in [0.5, 0.6) is 0 Å². The number of thiazole rings is 1. The lowest BCUT2D eigenvalue weighted by atomic mass is 10.1. The van der Waals surface area contributed by atoms with E-state index in [1.54, 1.807) is 6.08 Å². The predicted molar refractivity (Wildman–Crippen MR) is 86.2 cm³/mol. The van der Waals surface area contributed by atoms with Crippen LogP contribution in [0.25, 0.3) is 16.8 Å². The first-order valence-corrected chi connectivity index (χ1v) is 7.56. The number of hydrogen-bond donors (Lipinski definition) is 0. The van der Waals surface area contributed by atoms with Crippen LogP contribution in [0.2, 0.25) is 0 Å². The second kappa shape index (κ2) is 5.65. The third-order valence-electron chi connectivity index (χ3n) is 3.25. The summed E-state index contributed by atoms with van der Waals surface area (Å²) in [6.07, 6.45) is 1.92. The van der Waals surface area contributed by atoms with Gasteiger partial charge in [-0.3, -0.25) is 9.36 Å². The minimum atomic E-state index is -0.311. The number of aromatic nitrogens is 1. The molecule has 4 nitrogen and oxygen atoms in total. The molecule has 22 heavy (non-hydrogen) atoms. The third kappa shape index (κ3) is 2.27. The normalized spacial score (nSPS) is 14.5.